The largest absolute Gasteiger partial charge is 0.416 e. The van der Waals surface area contributed by atoms with Gasteiger partial charge in [-0.3, -0.25) is 4.79 Å². The van der Waals surface area contributed by atoms with E-state index in [1.165, 1.54) is 13.0 Å². The summed E-state index contributed by atoms with van der Waals surface area (Å²) in [6.07, 6.45) is -2.98. The quantitative estimate of drug-likeness (QED) is 0.756. The van der Waals surface area contributed by atoms with Crippen LogP contribution in [0.1, 0.15) is 35.4 Å². The van der Waals surface area contributed by atoms with Crippen LogP contribution in [0.3, 0.4) is 0 Å². The Labute approximate surface area is 126 Å². The van der Waals surface area contributed by atoms with Gasteiger partial charge in [0.2, 0.25) is 5.91 Å². The molecule has 1 heterocycles. The van der Waals surface area contributed by atoms with Crippen molar-refractivity contribution in [3.05, 3.63) is 34.9 Å². The van der Waals surface area contributed by atoms with Gasteiger partial charge in [0.05, 0.1) is 5.56 Å². The van der Waals surface area contributed by atoms with Gasteiger partial charge in [0.15, 0.2) is 0 Å². The monoisotopic (exact) mass is 319 g/mol. The lowest BCUT2D eigenvalue weighted by atomic mass is 9.85. The minimum atomic E-state index is -4.32. The zero-order chi connectivity index (χ0) is 15.6. The molecule has 116 valence electrons. The molecule has 0 aromatic heterocycles. The molecule has 6 heteroatoms. The number of amides is 1. The van der Waals surface area contributed by atoms with Gasteiger partial charge in [0.1, 0.15) is 5.88 Å². The molecule has 1 aromatic carbocycles. The van der Waals surface area contributed by atoms with Gasteiger partial charge in [-0.2, -0.15) is 13.2 Å². The Morgan fingerprint density at radius 2 is 1.95 bits per heavy atom. The van der Waals surface area contributed by atoms with Crippen molar-refractivity contribution in [2.45, 2.75) is 31.9 Å². The summed E-state index contributed by atoms with van der Waals surface area (Å²) in [7, 11) is 0. The van der Waals surface area contributed by atoms with Crippen molar-refractivity contribution in [1.82, 2.24) is 4.90 Å². The Kier molecular flexibility index (Phi) is 4.81. The summed E-state index contributed by atoms with van der Waals surface area (Å²) in [6.45, 7) is 2.62. The van der Waals surface area contributed by atoms with Crippen LogP contribution in [0.5, 0.6) is 0 Å². The van der Waals surface area contributed by atoms with Crippen LogP contribution < -0.4 is 0 Å². The Morgan fingerprint density at radius 3 is 2.48 bits per heavy atom. The normalized spacial score (nSPS) is 17.1. The molecular formula is C15H17ClF3NO. The van der Waals surface area contributed by atoms with Gasteiger partial charge in [-0.25, -0.2) is 0 Å². The zero-order valence-electron chi connectivity index (χ0n) is 11.7. The lowest BCUT2D eigenvalue weighted by Gasteiger charge is -2.33. The second-order valence-corrected chi connectivity index (χ2v) is 5.57. The number of piperidine rings is 1. The van der Waals surface area contributed by atoms with Gasteiger partial charge in [-0.1, -0.05) is 12.1 Å². The number of nitrogens with zero attached hydrogens (tertiary/aromatic N) is 1. The highest BCUT2D eigenvalue weighted by atomic mass is 35.5. The van der Waals surface area contributed by atoms with E-state index in [1.54, 1.807) is 11.0 Å². The van der Waals surface area contributed by atoms with Crippen molar-refractivity contribution < 1.29 is 18.0 Å². The Bertz CT molecular complexity index is 522. The first-order valence-corrected chi connectivity index (χ1v) is 7.38. The number of halogens is 4. The molecule has 2 rings (SSSR count). The van der Waals surface area contributed by atoms with E-state index in [-0.39, 0.29) is 17.7 Å². The fourth-order valence-electron chi connectivity index (χ4n) is 2.93. The lowest BCUT2D eigenvalue weighted by molar-refractivity contribution is -0.138. The number of benzene rings is 1. The van der Waals surface area contributed by atoms with Gasteiger partial charge in [0.25, 0.3) is 0 Å². The predicted molar refractivity (Wildman–Crippen MR) is 75.5 cm³/mol. The number of alkyl halides is 4. The molecule has 0 radical (unpaired) electrons. The molecule has 1 aliphatic rings. The summed E-state index contributed by atoms with van der Waals surface area (Å²) in [6, 6.07) is 4.33. The molecule has 1 amide bonds. The summed E-state index contributed by atoms with van der Waals surface area (Å²) in [5.41, 5.74) is 0.467. The van der Waals surface area contributed by atoms with E-state index in [0.717, 1.165) is 11.6 Å². The number of hydrogen-bond acceptors (Lipinski definition) is 1. The number of likely N-dealkylation sites (tertiary alicyclic amines) is 1. The Morgan fingerprint density at radius 1 is 1.33 bits per heavy atom. The van der Waals surface area contributed by atoms with Crippen LogP contribution in [-0.4, -0.2) is 29.8 Å². The van der Waals surface area contributed by atoms with Gasteiger partial charge < -0.3 is 4.90 Å². The van der Waals surface area contributed by atoms with Gasteiger partial charge in [-0.15, -0.1) is 11.6 Å². The van der Waals surface area contributed by atoms with E-state index in [2.05, 4.69) is 0 Å². The highest BCUT2D eigenvalue weighted by molar-refractivity contribution is 6.27. The molecule has 1 fully saturated rings. The summed E-state index contributed by atoms with van der Waals surface area (Å²) in [4.78, 5) is 13.2. The molecular weight excluding hydrogens is 303 g/mol. The van der Waals surface area contributed by atoms with E-state index in [9.17, 15) is 18.0 Å². The predicted octanol–water partition coefficient (Wildman–Crippen LogP) is 3.96. The van der Waals surface area contributed by atoms with Crippen molar-refractivity contribution in [2.24, 2.45) is 0 Å². The van der Waals surface area contributed by atoms with Gasteiger partial charge in [-0.05, 0) is 42.9 Å². The highest BCUT2D eigenvalue weighted by Gasteiger charge is 2.34. The first-order chi connectivity index (χ1) is 9.84. The lowest BCUT2D eigenvalue weighted by Crippen LogP contribution is -2.38. The molecule has 0 unspecified atom stereocenters. The molecule has 0 aliphatic carbocycles. The Balaban J connectivity index is 2.16. The fraction of sp³-hybridized carbons (Fsp3) is 0.533. The van der Waals surface area contributed by atoms with Crippen molar-refractivity contribution in [3.8, 4) is 0 Å². The smallest absolute Gasteiger partial charge is 0.342 e. The number of rotatable bonds is 2. The van der Waals surface area contributed by atoms with Crippen molar-refractivity contribution in [2.75, 3.05) is 19.0 Å². The van der Waals surface area contributed by atoms with E-state index in [1.807, 2.05) is 0 Å². The highest BCUT2D eigenvalue weighted by Crippen LogP contribution is 2.37. The molecule has 1 aliphatic heterocycles. The maximum atomic E-state index is 12.9. The second-order valence-electron chi connectivity index (χ2n) is 5.31. The standard InChI is InChI=1S/C15H17ClF3NO/c1-10-12(3-2-4-13(10)15(17,18)19)11-5-7-20(8-6-11)14(21)9-16/h2-4,11H,5-9H2,1H3. The average Bonchev–Trinajstić information content (AvgIpc) is 2.45. The Hall–Kier alpha value is -1.23. The summed E-state index contributed by atoms with van der Waals surface area (Å²) >= 11 is 5.52. The number of carbonyl (C=O) groups is 1. The fourth-order valence-corrected chi connectivity index (χ4v) is 3.10. The van der Waals surface area contributed by atoms with Crippen LogP contribution >= 0.6 is 11.6 Å². The van der Waals surface area contributed by atoms with Crippen molar-refractivity contribution >= 4 is 17.5 Å². The topological polar surface area (TPSA) is 20.3 Å². The van der Waals surface area contributed by atoms with Crippen molar-refractivity contribution in [3.63, 3.8) is 0 Å². The molecule has 1 aromatic rings. The van der Waals surface area contributed by atoms with E-state index >= 15 is 0 Å². The second kappa shape index (κ2) is 6.26. The third-order valence-electron chi connectivity index (χ3n) is 4.08. The summed E-state index contributed by atoms with van der Waals surface area (Å²) < 4.78 is 38.8. The third-order valence-corrected chi connectivity index (χ3v) is 4.31. The molecule has 0 N–H and O–H groups in total. The first kappa shape index (κ1) is 16.1. The molecule has 0 bridgehead atoms. The molecule has 0 saturated carbocycles. The van der Waals surface area contributed by atoms with Crippen LogP contribution in [0.2, 0.25) is 0 Å². The molecule has 2 nitrogen and oxygen atoms in total. The van der Waals surface area contributed by atoms with Gasteiger partial charge >= 0.3 is 6.18 Å². The molecule has 0 atom stereocenters. The van der Waals surface area contributed by atoms with Crippen molar-refractivity contribution in [1.29, 1.82) is 0 Å². The van der Waals surface area contributed by atoms with Crippen LogP contribution in [0.25, 0.3) is 0 Å². The summed E-state index contributed by atoms with van der Waals surface area (Å²) in [5, 5.41) is 0. The third kappa shape index (κ3) is 3.51. The molecule has 21 heavy (non-hydrogen) atoms. The van der Waals surface area contributed by atoms with Crippen LogP contribution in [0.15, 0.2) is 18.2 Å². The minimum absolute atomic E-state index is 0.0484. The van der Waals surface area contributed by atoms with Gasteiger partial charge in [0, 0.05) is 13.1 Å². The average molecular weight is 320 g/mol. The summed E-state index contributed by atoms with van der Waals surface area (Å²) in [5.74, 6) is -0.102. The maximum Gasteiger partial charge on any atom is 0.416 e. The molecule has 1 saturated heterocycles. The minimum Gasteiger partial charge on any atom is -0.342 e. The van der Waals surface area contributed by atoms with Crippen LogP contribution in [0, 0.1) is 6.92 Å². The van der Waals surface area contributed by atoms with E-state index in [0.29, 0.717) is 31.5 Å². The number of carbonyl (C=O) groups excluding carboxylic acids is 1. The molecule has 0 spiro atoms. The van der Waals surface area contributed by atoms with Crippen LogP contribution in [0.4, 0.5) is 13.2 Å². The number of hydrogen-bond donors (Lipinski definition) is 0. The first-order valence-electron chi connectivity index (χ1n) is 6.85. The SMILES string of the molecule is Cc1c(C2CCN(C(=O)CCl)CC2)cccc1C(F)(F)F. The van der Waals surface area contributed by atoms with Crippen LogP contribution in [-0.2, 0) is 11.0 Å². The zero-order valence-corrected chi connectivity index (χ0v) is 12.5. The van der Waals surface area contributed by atoms with E-state index < -0.39 is 11.7 Å². The maximum absolute atomic E-state index is 12.9. The van der Waals surface area contributed by atoms with E-state index in [4.69, 9.17) is 11.6 Å².